The minimum Gasteiger partial charge on any atom is -0.368 e. The monoisotopic (exact) mass is 251 g/mol. The highest BCUT2D eigenvalue weighted by atomic mass is 15.3. The third-order valence-corrected chi connectivity index (χ3v) is 2.99. The molecule has 1 rings (SSSR count). The molecular weight excluding hydrogens is 226 g/mol. The average Bonchev–Trinajstić information content (AvgIpc) is 2.37. The van der Waals surface area contributed by atoms with Gasteiger partial charge < -0.3 is 10.7 Å². The molecule has 0 aliphatic rings. The predicted molar refractivity (Wildman–Crippen MR) is 76.3 cm³/mol. The van der Waals surface area contributed by atoms with Crippen LogP contribution in [0.3, 0.4) is 0 Å². The molecule has 0 amide bonds. The van der Waals surface area contributed by atoms with Gasteiger partial charge in [0.15, 0.2) is 5.82 Å². The molecule has 0 spiro atoms. The zero-order valence-electron chi connectivity index (χ0n) is 11.7. The molecule has 5 nitrogen and oxygen atoms in total. The van der Waals surface area contributed by atoms with Crippen LogP contribution in [0, 0.1) is 5.41 Å². The van der Waals surface area contributed by atoms with Crippen LogP contribution in [0.5, 0.6) is 0 Å². The Morgan fingerprint density at radius 3 is 2.61 bits per heavy atom. The van der Waals surface area contributed by atoms with Gasteiger partial charge in [-0.1, -0.05) is 40.0 Å². The molecule has 0 unspecified atom stereocenters. The van der Waals surface area contributed by atoms with Gasteiger partial charge in [-0.25, -0.2) is 10.8 Å². The van der Waals surface area contributed by atoms with Crippen molar-refractivity contribution < 1.29 is 0 Å². The fourth-order valence-electron chi connectivity index (χ4n) is 1.79. The molecule has 0 aromatic carbocycles. The van der Waals surface area contributed by atoms with Crippen molar-refractivity contribution in [3.8, 4) is 0 Å². The molecule has 5 heteroatoms. The molecule has 0 aliphatic heterocycles. The smallest absolute Gasteiger partial charge is 0.160 e. The predicted octanol–water partition coefficient (Wildman–Crippen LogP) is 2.78. The van der Waals surface area contributed by atoms with Gasteiger partial charge in [0.25, 0.3) is 0 Å². The largest absolute Gasteiger partial charge is 0.368 e. The van der Waals surface area contributed by atoms with E-state index < -0.39 is 0 Å². The summed E-state index contributed by atoms with van der Waals surface area (Å²) < 4.78 is 0. The van der Waals surface area contributed by atoms with Gasteiger partial charge in [-0.3, -0.25) is 4.98 Å². The fraction of sp³-hybridized carbons (Fsp3) is 0.692. The maximum atomic E-state index is 5.30. The Bertz CT molecular complexity index is 351. The summed E-state index contributed by atoms with van der Waals surface area (Å²) in [5, 5.41) is 3.32. The standard InChI is InChI=1S/C13H25N5/c1-4-5-6-7-13(2,3)10-16-11-8-15-9-12(17-11)18-14/h8-9H,4-7,10,14H2,1-3H3,(H2,16,17,18). The molecule has 0 fully saturated rings. The van der Waals surface area contributed by atoms with Crippen molar-refractivity contribution >= 4 is 11.6 Å². The molecule has 1 heterocycles. The Morgan fingerprint density at radius 1 is 1.22 bits per heavy atom. The maximum absolute atomic E-state index is 5.30. The first kappa shape index (κ1) is 14.7. The summed E-state index contributed by atoms with van der Waals surface area (Å²) in [6, 6.07) is 0. The van der Waals surface area contributed by atoms with E-state index in [0.29, 0.717) is 5.82 Å². The third kappa shape index (κ3) is 5.31. The van der Waals surface area contributed by atoms with Crippen molar-refractivity contribution in [2.45, 2.75) is 46.5 Å². The minimum absolute atomic E-state index is 0.267. The first-order chi connectivity index (χ1) is 8.57. The average molecular weight is 251 g/mol. The number of hydrogen-bond acceptors (Lipinski definition) is 5. The first-order valence-electron chi connectivity index (χ1n) is 6.60. The van der Waals surface area contributed by atoms with Crippen LogP contribution in [0.15, 0.2) is 12.4 Å². The zero-order chi connectivity index (χ0) is 13.4. The van der Waals surface area contributed by atoms with E-state index in [1.807, 2.05) is 0 Å². The summed E-state index contributed by atoms with van der Waals surface area (Å²) in [5.74, 6) is 6.63. The lowest BCUT2D eigenvalue weighted by molar-refractivity contribution is 0.342. The van der Waals surface area contributed by atoms with E-state index in [1.54, 1.807) is 12.4 Å². The number of aromatic nitrogens is 2. The van der Waals surface area contributed by atoms with Crippen LogP contribution in [0.25, 0.3) is 0 Å². The Balaban J connectivity index is 2.42. The van der Waals surface area contributed by atoms with E-state index in [1.165, 1.54) is 25.7 Å². The Hall–Kier alpha value is -1.36. The molecule has 1 aromatic rings. The van der Waals surface area contributed by atoms with Crippen molar-refractivity contribution in [3.05, 3.63) is 12.4 Å². The number of nitrogens with zero attached hydrogens (tertiary/aromatic N) is 2. The van der Waals surface area contributed by atoms with Crippen molar-refractivity contribution in [1.82, 2.24) is 9.97 Å². The number of unbranched alkanes of at least 4 members (excludes halogenated alkanes) is 2. The Morgan fingerprint density at radius 2 is 1.94 bits per heavy atom. The summed E-state index contributed by atoms with van der Waals surface area (Å²) in [4.78, 5) is 8.35. The number of nitrogens with two attached hydrogens (primary N) is 1. The molecule has 0 bridgehead atoms. The first-order valence-corrected chi connectivity index (χ1v) is 6.60. The van der Waals surface area contributed by atoms with E-state index in [0.717, 1.165) is 12.4 Å². The summed E-state index contributed by atoms with van der Waals surface area (Å²) in [5.41, 5.74) is 2.76. The topological polar surface area (TPSA) is 75.9 Å². The van der Waals surface area contributed by atoms with E-state index in [-0.39, 0.29) is 5.41 Å². The molecule has 0 aliphatic carbocycles. The summed E-state index contributed by atoms with van der Waals surface area (Å²) in [6.45, 7) is 7.66. The number of anilines is 2. The van der Waals surface area contributed by atoms with E-state index >= 15 is 0 Å². The molecule has 4 N–H and O–H groups in total. The van der Waals surface area contributed by atoms with Crippen LogP contribution < -0.4 is 16.6 Å². The molecule has 102 valence electrons. The Labute approximate surface area is 110 Å². The third-order valence-electron chi connectivity index (χ3n) is 2.99. The van der Waals surface area contributed by atoms with Crippen LogP contribution in [0.1, 0.15) is 46.5 Å². The molecular formula is C13H25N5. The van der Waals surface area contributed by atoms with Crippen molar-refractivity contribution in [2.75, 3.05) is 17.3 Å². The van der Waals surface area contributed by atoms with Crippen molar-refractivity contribution in [1.29, 1.82) is 0 Å². The zero-order valence-corrected chi connectivity index (χ0v) is 11.7. The molecule has 0 atom stereocenters. The van der Waals surface area contributed by atoms with E-state index in [2.05, 4.69) is 41.5 Å². The summed E-state index contributed by atoms with van der Waals surface area (Å²) >= 11 is 0. The second kappa shape index (κ2) is 7.16. The lowest BCUT2D eigenvalue weighted by Crippen LogP contribution is -2.23. The molecule has 0 saturated carbocycles. The van der Waals surface area contributed by atoms with Gasteiger partial charge in [0.05, 0.1) is 12.4 Å². The number of hydrazine groups is 1. The quantitative estimate of drug-likeness (QED) is 0.376. The second-order valence-electron chi connectivity index (χ2n) is 5.41. The number of hydrogen-bond donors (Lipinski definition) is 3. The van der Waals surface area contributed by atoms with Crippen LogP contribution in [0.4, 0.5) is 11.6 Å². The highest BCUT2D eigenvalue weighted by molar-refractivity contribution is 5.40. The van der Waals surface area contributed by atoms with E-state index in [9.17, 15) is 0 Å². The fourth-order valence-corrected chi connectivity index (χ4v) is 1.79. The Kier molecular flexibility index (Phi) is 5.85. The van der Waals surface area contributed by atoms with Crippen LogP contribution in [0.2, 0.25) is 0 Å². The van der Waals surface area contributed by atoms with Crippen LogP contribution in [-0.2, 0) is 0 Å². The van der Waals surface area contributed by atoms with Gasteiger partial charge in [0.2, 0.25) is 0 Å². The molecule has 0 radical (unpaired) electrons. The molecule has 18 heavy (non-hydrogen) atoms. The number of nitrogens with one attached hydrogen (secondary N) is 2. The van der Waals surface area contributed by atoms with Gasteiger partial charge in [-0.15, -0.1) is 0 Å². The number of nitrogen functional groups attached to an aromatic ring is 1. The second-order valence-corrected chi connectivity index (χ2v) is 5.41. The van der Waals surface area contributed by atoms with Gasteiger partial charge >= 0.3 is 0 Å². The van der Waals surface area contributed by atoms with Crippen LogP contribution >= 0.6 is 0 Å². The highest BCUT2D eigenvalue weighted by Crippen LogP contribution is 2.24. The highest BCUT2D eigenvalue weighted by Gasteiger charge is 2.17. The minimum atomic E-state index is 0.267. The van der Waals surface area contributed by atoms with Crippen LogP contribution in [-0.4, -0.2) is 16.5 Å². The van der Waals surface area contributed by atoms with Gasteiger partial charge in [-0.2, -0.15) is 0 Å². The lowest BCUT2D eigenvalue weighted by Gasteiger charge is -2.25. The SMILES string of the molecule is CCCCCC(C)(C)CNc1cncc(NN)n1. The van der Waals surface area contributed by atoms with Gasteiger partial charge in [0, 0.05) is 6.54 Å². The van der Waals surface area contributed by atoms with Crippen molar-refractivity contribution in [3.63, 3.8) is 0 Å². The van der Waals surface area contributed by atoms with Crippen molar-refractivity contribution in [2.24, 2.45) is 11.3 Å². The molecule has 1 aromatic heterocycles. The normalized spacial score (nSPS) is 11.3. The number of rotatable bonds is 8. The van der Waals surface area contributed by atoms with E-state index in [4.69, 9.17) is 5.84 Å². The van der Waals surface area contributed by atoms with Gasteiger partial charge in [0.1, 0.15) is 5.82 Å². The van der Waals surface area contributed by atoms with Gasteiger partial charge in [-0.05, 0) is 11.8 Å². The lowest BCUT2D eigenvalue weighted by atomic mass is 9.87. The molecule has 0 saturated heterocycles. The summed E-state index contributed by atoms with van der Waals surface area (Å²) in [6.07, 6.45) is 8.37. The maximum Gasteiger partial charge on any atom is 0.160 e. The summed E-state index contributed by atoms with van der Waals surface area (Å²) in [7, 11) is 0.